The van der Waals surface area contributed by atoms with Gasteiger partial charge in [0.05, 0.1) is 0 Å². The van der Waals surface area contributed by atoms with Gasteiger partial charge in [0.25, 0.3) is 0 Å². The minimum absolute atomic E-state index is 0.402. The van der Waals surface area contributed by atoms with E-state index in [2.05, 4.69) is 24.1 Å². The molecular formula is C12H18N2O. The summed E-state index contributed by atoms with van der Waals surface area (Å²) in [6.07, 6.45) is 3.28. The molecule has 1 rings (SSSR count). The first-order chi connectivity index (χ1) is 7.19. The van der Waals surface area contributed by atoms with Gasteiger partial charge >= 0.3 is 0 Å². The molecule has 0 amide bonds. The lowest BCUT2D eigenvalue weighted by Crippen LogP contribution is -2.10. The van der Waals surface area contributed by atoms with Crippen LogP contribution in [0.15, 0.2) is 12.3 Å². The summed E-state index contributed by atoms with van der Waals surface area (Å²) >= 11 is 0. The largest absolute Gasteiger partial charge is 0.316 e. The number of hydrogen-bond acceptors (Lipinski definition) is 3. The fourth-order valence-corrected chi connectivity index (χ4v) is 1.49. The third-order valence-electron chi connectivity index (χ3n) is 2.37. The average Bonchev–Trinajstić information content (AvgIpc) is 2.21. The minimum atomic E-state index is 0.402. The molecule has 0 fully saturated rings. The summed E-state index contributed by atoms with van der Waals surface area (Å²) in [6, 6.07) is 2.03. The van der Waals surface area contributed by atoms with Crippen molar-refractivity contribution in [1.82, 2.24) is 10.3 Å². The van der Waals surface area contributed by atoms with Crippen LogP contribution in [0.1, 0.15) is 36.6 Å². The summed E-state index contributed by atoms with van der Waals surface area (Å²) in [5, 5.41) is 3.08. The molecule has 3 nitrogen and oxygen atoms in total. The van der Waals surface area contributed by atoms with E-state index in [9.17, 15) is 4.79 Å². The van der Waals surface area contributed by atoms with Gasteiger partial charge in [0, 0.05) is 24.9 Å². The highest BCUT2D eigenvalue weighted by atomic mass is 16.1. The smallest absolute Gasteiger partial charge is 0.124 e. The van der Waals surface area contributed by atoms with E-state index in [1.165, 1.54) is 0 Å². The molecule has 0 atom stereocenters. The zero-order valence-electron chi connectivity index (χ0n) is 9.58. The third kappa shape index (κ3) is 3.13. The predicted octanol–water partition coefficient (Wildman–Crippen LogP) is 1.67. The van der Waals surface area contributed by atoms with E-state index >= 15 is 0 Å². The first-order valence-electron chi connectivity index (χ1n) is 5.25. The number of carbonyl (C=O) groups is 1. The van der Waals surface area contributed by atoms with E-state index in [0.29, 0.717) is 12.3 Å². The molecule has 1 aromatic rings. The topological polar surface area (TPSA) is 42.0 Å². The summed E-state index contributed by atoms with van der Waals surface area (Å²) in [7, 11) is 1.89. The molecule has 0 aliphatic heterocycles. The van der Waals surface area contributed by atoms with E-state index < -0.39 is 0 Å². The summed E-state index contributed by atoms with van der Waals surface area (Å²) in [5.74, 6) is 0.402. The second-order valence-corrected chi connectivity index (χ2v) is 3.93. The van der Waals surface area contributed by atoms with Crippen LogP contribution in [0.25, 0.3) is 0 Å². The number of pyridine rings is 1. The van der Waals surface area contributed by atoms with E-state index in [4.69, 9.17) is 0 Å². The van der Waals surface area contributed by atoms with Crippen LogP contribution >= 0.6 is 0 Å². The molecule has 3 heteroatoms. The highest BCUT2D eigenvalue weighted by molar-refractivity contribution is 5.56. The number of nitrogens with zero attached hydrogens (tertiary/aromatic N) is 1. The lowest BCUT2D eigenvalue weighted by atomic mass is 10.0. The number of aldehydes is 1. The van der Waals surface area contributed by atoms with Gasteiger partial charge in [-0.1, -0.05) is 13.8 Å². The van der Waals surface area contributed by atoms with Crippen LogP contribution in [0.4, 0.5) is 0 Å². The van der Waals surface area contributed by atoms with Gasteiger partial charge in [0.1, 0.15) is 6.29 Å². The molecule has 1 aromatic heterocycles. The molecule has 82 valence electrons. The van der Waals surface area contributed by atoms with Gasteiger partial charge in [0.2, 0.25) is 0 Å². The van der Waals surface area contributed by atoms with Gasteiger partial charge < -0.3 is 10.1 Å². The van der Waals surface area contributed by atoms with E-state index in [0.717, 1.165) is 29.7 Å². The van der Waals surface area contributed by atoms with Crippen molar-refractivity contribution in [3.63, 3.8) is 0 Å². The Morgan fingerprint density at radius 2 is 2.20 bits per heavy atom. The molecule has 0 unspecified atom stereocenters. The number of rotatable bonds is 5. The normalized spacial score (nSPS) is 10.7. The van der Waals surface area contributed by atoms with E-state index in [-0.39, 0.29) is 0 Å². The Kier molecular flexibility index (Phi) is 4.43. The molecule has 0 radical (unpaired) electrons. The Labute approximate surface area is 90.9 Å². The van der Waals surface area contributed by atoms with Crippen molar-refractivity contribution in [2.45, 2.75) is 32.7 Å². The van der Waals surface area contributed by atoms with Crippen LogP contribution in [0.2, 0.25) is 0 Å². The average molecular weight is 206 g/mol. The fourth-order valence-electron chi connectivity index (χ4n) is 1.49. The Hall–Kier alpha value is -1.22. The lowest BCUT2D eigenvalue weighted by Gasteiger charge is -2.10. The number of hydrogen-bond donors (Lipinski definition) is 1. The monoisotopic (exact) mass is 206 g/mol. The highest BCUT2D eigenvalue weighted by Gasteiger charge is 2.06. The SMILES string of the molecule is CNCc1cnc(C(C)C)cc1CC=O. The number of carbonyl (C=O) groups excluding carboxylic acids is 1. The molecule has 0 saturated heterocycles. The fraction of sp³-hybridized carbons (Fsp3) is 0.500. The van der Waals surface area contributed by atoms with Gasteiger partial charge in [-0.25, -0.2) is 0 Å². The Morgan fingerprint density at radius 1 is 1.47 bits per heavy atom. The lowest BCUT2D eigenvalue weighted by molar-refractivity contribution is -0.107. The van der Waals surface area contributed by atoms with Crippen molar-refractivity contribution >= 4 is 6.29 Å². The molecule has 0 aliphatic rings. The molecule has 0 aromatic carbocycles. The summed E-state index contributed by atoms with van der Waals surface area (Å²) in [4.78, 5) is 15.0. The summed E-state index contributed by atoms with van der Waals surface area (Å²) in [6.45, 7) is 4.96. The molecule has 1 heterocycles. The second-order valence-electron chi connectivity index (χ2n) is 3.93. The van der Waals surface area contributed by atoms with Crippen LogP contribution in [0.5, 0.6) is 0 Å². The van der Waals surface area contributed by atoms with Crippen molar-refractivity contribution in [3.05, 3.63) is 29.1 Å². The highest BCUT2D eigenvalue weighted by Crippen LogP contribution is 2.16. The standard InChI is InChI=1S/C12H18N2O/c1-9(2)12-6-10(4-5-15)11(7-13-3)8-14-12/h5-6,8-9,13H,4,7H2,1-3H3. The van der Waals surface area contributed by atoms with Crippen molar-refractivity contribution < 1.29 is 4.79 Å². The zero-order valence-corrected chi connectivity index (χ0v) is 9.58. The summed E-state index contributed by atoms with van der Waals surface area (Å²) < 4.78 is 0. The predicted molar refractivity (Wildman–Crippen MR) is 60.9 cm³/mol. The Balaban J connectivity index is 3.02. The Bertz CT molecular complexity index is 334. The van der Waals surface area contributed by atoms with Gasteiger partial charge in [-0.3, -0.25) is 4.98 Å². The minimum Gasteiger partial charge on any atom is -0.316 e. The molecule has 0 bridgehead atoms. The number of nitrogens with one attached hydrogen (secondary N) is 1. The van der Waals surface area contributed by atoms with Gasteiger partial charge in [-0.15, -0.1) is 0 Å². The van der Waals surface area contributed by atoms with Crippen molar-refractivity contribution in [1.29, 1.82) is 0 Å². The number of aromatic nitrogens is 1. The maximum absolute atomic E-state index is 10.6. The third-order valence-corrected chi connectivity index (χ3v) is 2.37. The van der Waals surface area contributed by atoms with Crippen LogP contribution in [-0.4, -0.2) is 18.3 Å². The van der Waals surface area contributed by atoms with E-state index in [1.54, 1.807) is 0 Å². The van der Waals surface area contributed by atoms with Crippen LogP contribution in [-0.2, 0) is 17.8 Å². The maximum atomic E-state index is 10.6. The molecule has 0 spiro atoms. The molecule has 0 saturated carbocycles. The zero-order chi connectivity index (χ0) is 11.3. The molecule has 15 heavy (non-hydrogen) atoms. The Morgan fingerprint density at radius 3 is 2.73 bits per heavy atom. The van der Waals surface area contributed by atoms with Crippen LogP contribution in [0, 0.1) is 0 Å². The first kappa shape index (κ1) is 11.9. The van der Waals surface area contributed by atoms with Crippen molar-refractivity contribution in [2.24, 2.45) is 0 Å². The van der Waals surface area contributed by atoms with Crippen LogP contribution in [0.3, 0.4) is 0 Å². The maximum Gasteiger partial charge on any atom is 0.124 e. The molecule has 1 N–H and O–H groups in total. The quantitative estimate of drug-likeness (QED) is 0.745. The summed E-state index contributed by atoms with van der Waals surface area (Å²) in [5.41, 5.74) is 3.23. The molecular weight excluding hydrogens is 188 g/mol. The van der Waals surface area contributed by atoms with Crippen molar-refractivity contribution in [2.75, 3.05) is 7.05 Å². The van der Waals surface area contributed by atoms with Gasteiger partial charge in [-0.2, -0.15) is 0 Å². The van der Waals surface area contributed by atoms with Gasteiger partial charge in [0.15, 0.2) is 0 Å². The van der Waals surface area contributed by atoms with Crippen LogP contribution < -0.4 is 5.32 Å². The molecule has 0 aliphatic carbocycles. The van der Waals surface area contributed by atoms with E-state index in [1.807, 2.05) is 19.3 Å². The van der Waals surface area contributed by atoms with Gasteiger partial charge in [-0.05, 0) is 30.2 Å². The first-order valence-corrected chi connectivity index (χ1v) is 5.25. The second kappa shape index (κ2) is 5.61. The van der Waals surface area contributed by atoms with Crippen molar-refractivity contribution in [3.8, 4) is 0 Å².